The molecule has 0 amide bonds. The van der Waals surface area contributed by atoms with Crippen molar-refractivity contribution in [1.82, 2.24) is 0 Å². The highest BCUT2D eigenvalue weighted by Crippen LogP contribution is 2.14. The molecule has 0 aliphatic rings. The normalized spacial score (nSPS) is 10.2. The topological polar surface area (TPSA) is 26.0 Å². The van der Waals surface area contributed by atoms with E-state index in [9.17, 15) is 4.39 Å². The molecule has 12 heavy (non-hydrogen) atoms. The number of hydrogen-bond acceptors (Lipinski definition) is 1. The fourth-order valence-corrected chi connectivity index (χ4v) is 1.36. The summed E-state index contributed by atoms with van der Waals surface area (Å²) in [6.07, 6.45) is 1.50. The molecule has 1 aromatic rings. The van der Waals surface area contributed by atoms with Crippen molar-refractivity contribution in [2.24, 2.45) is 5.73 Å². The number of benzene rings is 1. The van der Waals surface area contributed by atoms with Crippen molar-refractivity contribution in [3.63, 3.8) is 0 Å². The van der Waals surface area contributed by atoms with Crippen molar-refractivity contribution in [2.45, 2.75) is 19.8 Å². The van der Waals surface area contributed by atoms with Crippen molar-refractivity contribution in [2.75, 3.05) is 6.54 Å². The van der Waals surface area contributed by atoms with Gasteiger partial charge in [0, 0.05) is 0 Å². The Bertz CT molecular complexity index is 258. The van der Waals surface area contributed by atoms with Crippen molar-refractivity contribution in [3.05, 3.63) is 35.1 Å². The van der Waals surface area contributed by atoms with Gasteiger partial charge in [0.05, 0.1) is 0 Å². The van der Waals surface area contributed by atoms with Crippen molar-refractivity contribution in [1.29, 1.82) is 0 Å². The van der Waals surface area contributed by atoms with Crippen molar-refractivity contribution >= 4 is 0 Å². The molecule has 0 aliphatic carbocycles. The second-order valence-electron chi connectivity index (χ2n) is 2.77. The second kappa shape index (κ2) is 4.21. The van der Waals surface area contributed by atoms with Crippen LogP contribution in [0, 0.1) is 5.82 Å². The van der Waals surface area contributed by atoms with Gasteiger partial charge in [-0.15, -0.1) is 0 Å². The van der Waals surface area contributed by atoms with Gasteiger partial charge < -0.3 is 5.73 Å². The first-order valence-electron chi connectivity index (χ1n) is 4.26. The number of aryl methyl sites for hydroxylation is 1. The predicted molar refractivity (Wildman–Crippen MR) is 48.5 cm³/mol. The van der Waals surface area contributed by atoms with Crippen LogP contribution in [0.15, 0.2) is 18.2 Å². The van der Waals surface area contributed by atoms with Gasteiger partial charge in [-0.2, -0.15) is 0 Å². The molecule has 1 rings (SSSR count). The molecule has 0 heterocycles. The van der Waals surface area contributed by atoms with Crippen LogP contribution in [0.1, 0.15) is 18.1 Å². The zero-order valence-corrected chi connectivity index (χ0v) is 7.31. The third kappa shape index (κ3) is 1.83. The molecule has 0 radical (unpaired) electrons. The Kier molecular flexibility index (Phi) is 3.23. The first-order chi connectivity index (χ1) is 5.79. The standard InChI is InChI=1S/C10H14FN/c1-2-8-4-3-5-10(11)9(8)6-7-12/h3-5H,2,6-7,12H2,1H3. The molecular weight excluding hydrogens is 153 g/mol. The molecule has 0 saturated heterocycles. The van der Waals surface area contributed by atoms with E-state index in [2.05, 4.69) is 0 Å². The van der Waals surface area contributed by atoms with Gasteiger partial charge in [-0.1, -0.05) is 19.1 Å². The van der Waals surface area contributed by atoms with Crippen molar-refractivity contribution < 1.29 is 4.39 Å². The molecule has 0 atom stereocenters. The summed E-state index contributed by atoms with van der Waals surface area (Å²) in [5.74, 6) is -0.125. The number of rotatable bonds is 3. The Hall–Kier alpha value is -0.890. The molecule has 0 aliphatic heterocycles. The molecular formula is C10H14FN. The third-order valence-corrected chi connectivity index (χ3v) is 1.99. The van der Waals surface area contributed by atoms with Crippen molar-refractivity contribution in [3.8, 4) is 0 Å². The lowest BCUT2D eigenvalue weighted by Crippen LogP contribution is -2.07. The summed E-state index contributed by atoms with van der Waals surface area (Å²) in [7, 11) is 0. The summed E-state index contributed by atoms with van der Waals surface area (Å²) < 4.78 is 13.2. The maximum absolute atomic E-state index is 13.2. The Balaban J connectivity index is 3.02. The van der Waals surface area contributed by atoms with E-state index in [1.165, 1.54) is 6.07 Å². The van der Waals surface area contributed by atoms with Gasteiger partial charge in [-0.05, 0) is 36.6 Å². The van der Waals surface area contributed by atoms with Gasteiger partial charge in [0.1, 0.15) is 5.82 Å². The largest absolute Gasteiger partial charge is 0.330 e. The molecule has 0 fully saturated rings. The third-order valence-electron chi connectivity index (χ3n) is 1.99. The Morgan fingerprint density at radius 3 is 2.75 bits per heavy atom. The number of halogens is 1. The second-order valence-corrected chi connectivity index (χ2v) is 2.77. The number of hydrogen-bond donors (Lipinski definition) is 1. The fourth-order valence-electron chi connectivity index (χ4n) is 1.36. The zero-order valence-electron chi connectivity index (χ0n) is 7.31. The molecule has 0 spiro atoms. The van der Waals surface area contributed by atoms with Crippen LogP contribution < -0.4 is 5.73 Å². The van der Waals surface area contributed by atoms with Crippen LogP contribution in [0.25, 0.3) is 0 Å². The van der Waals surface area contributed by atoms with E-state index in [0.717, 1.165) is 17.5 Å². The van der Waals surface area contributed by atoms with Crippen LogP contribution >= 0.6 is 0 Å². The average Bonchev–Trinajstić information content (AvgIpc) is 2.09. The van der Waals surface area contributed by atoms with E-state index in [1.54, 1.807) is 6.07 Å². The summed E-state index contributed by atoms with van der Waals surface area (Å²) in [4.78, 5) is 0. The predicted octanol–water partition coefficient (Wildman–Crippen LogP) is 1.89. The molecule has 0 aromatic heterocycles. The van der Waals surface area contributed by atoms with Crippen LogP contribution in [0.3, 0.4) is 0 Å². The summed E-state index contributed by atoms with van der Waals surface area (Å²) in [5.41, 5.74) is 7.24. The van der Waals surface area contributed by atoms with Gasteiger partial charge in [0.15, 0.2) is 0 Å². The summed E-state index contributed by atoms with van der Waals surface area (Å²) in [5, 5.41) is 0. The van der Waals surface area contributed by atoms with Gasteiger partial charge in [0.25, 0.3) is 0 Å². The van der Waals surface area contributed by atoms with Crippen LogP contribution in [0.5, 0.6) is 0 Å². The summed E-state index contributed by atoms with van der Waals surface area (Å²) >= 11 is 0. The number of nitrogens with two attached hydrogens (primary N) is 1. The highest BCUT2D eigenvalue weighted by Gasteiger charge is 2.04. The highest BCUT2D eigenvalue weighted by atomic mass is 19.1. The van der Waals surface area contributed by atoms with Gasteiger partial charge in [-0.25, -0.2) is 4.39 Å². The Morgan fingerprint density at radius 1 is 1.42 bits per heavy atom. The van der Waals surface area contributed by atoms with Crippen LogP contribution in [-0.4, -0.2) is 6.54 Å². The van der Waals surface area contributed by atoms with E-state index >= 15 is 0 Å². The van der Waals surface area contributed by atoms with Gasteiger partial charge in [-0.3, -0.25) is 0 Å². The lowest BCUT2D eigenvalue weighted by atomic mass is 10.0. The quantitative estimate of drug-likeness (QED) is 0.731. The van der Waals surface area contributed by atoms with E-state index in [0.29, 0.717) is 13.0 Å². The molecule has 1 nitrogen and oxygen atoms in total. The Labute approximate surface area is 72.4 Å². The molecule has 1 aromatic carbocycles. The monoisotopic (exact) mass is 167 g/mol. The summed E-state index contributed by atoms with van der Waals surface area (Å²) in [6.45, 7) is 2.53. The molecule has 0 saturated carbocycles. The smallest absolute Gasteiger partial charge is 0.126 e. The van der Waals surface area contributed by atoms with Gasteiger partial charge in [0.2, 0.25) is 0 Å². The minimum atomic E-state index is -0.125. The van der Waals surface area contributed by atoms with E-state index in [-0.39, 0.29) is 5.82 Å². The molecule has 0 bridgehead atoms. The molecule has 2 heteroatoms. The van der Waals surface area contributed by atoms with Crippen LogP contribution in [-0.2, 0) is 12.8 Å². The van der Waals surface area contributed by atoms with E-state index in [1.807, 2.05) is 13.0 Å². The van der Waals surface area contributed by atoms with E-state index < -0.39 is 0 Å². The lowest BCUT2D eigenvalue weighted by Gasteiger charge is -2.06. The first kappa shape index (κ1) is 9.20. The van der Waals surface area contributed by atoms with Crippen LogP contribution in [0.4, 0.5) is 4.39 Å². The maximum atomic E-state index is 13.2. The fraction of sp³-hybridized carbons (Fsp3) is 0.400. The average molecular weight is 167 g/mol. The minimum Gasteiger partial charge on any atom is -0.330 e. The van der Waals surface area contributed by atoms with E-state index in [4.69, 9.17) is 5.73 Å². The lowest BCUT2D eigenvalue weighted by molar-refractivity contribution is 0.606. The zero-order chi connectivity index (χ0) is 8.97. The van der Waals surface area contributed by atoms with Crippen LogP contribution in [0.2, 0.25) is 0 Å². The van der Waals surface area contributed by atoms with Gasteiger partial charge >= 0.3 is 0 Å². The molecule has 66 valence electrons. The maximum Gasteiger partial charge on any atom is 0.126 e. The summed E-state index contributed by atoms with van der Waals surface area (Å²) in [6, 6.07) is 5.19. The highest BCUT2D eigenvalue weighted by molar-refractivity contribution is 5.28. The SMILES string of the molecule is CCc1cccc(F)c1CCN. The molecule has 2 N–H and O–H groups in total. The first-order valence-corrected chi connectivity index (χ1v) is 4.26. The Morgan fingerprint density at radius 2 is 2.17 bits per heavy atom. The minimum absolute atomic E-state index is 0.125. The molecule has 0 unspecified atom stereocenters.